The maximum atomic E-state index is 10.6. The molecule has 1 aromatic carbocycles. The molecule has 14 heavy (non-hydrogen) atoms. The number of hydrogen-bond acceptors (Lipinski definition) is 3. The predicted octanol–water partition coefficient (Wildman–Crippen LogP) is 1.41. The van der Waals surface area contributed by atoms with Crippen molar-refractivity contribution in [3.8, 4) is 5.75 Å². The van der Waals surface area contributed by atoms with E-state index in [0.717, 1.165) is 0 Å². The molecule has 0 radical (unpaired) electrons. The van der Waals surface area contributed by atoms with Gasteiger partial charge in [0, 0.05) is 6.42 Å². The molecule has 1 aromatic rings. The van der Waals surface area contributed by atoms with Crippen LogP contribution in [0.1, 0.15) is 13.3 Å². The molecule has 0 aliphatic rings. The van der Waals surface area contributed by atoms with Crippen molar-refractivity contribution < 1.29 is 14.6 Å². The van der Waals surface area contributed by atoms with Gasteiger partial charge in [0.2, 0.25) is 0 Å². The summed E-state index contributed by atoms with van der Waals surface area (Å²) < 4.78 is 5.27. The van der Waals surface area contributed by atoms with E-state index in [2.05, 4.69) is 0 Å². The molecule has 1 rings (SSSR count). The molecule has 0 fully saturated rings. The van der Waals surface area contributed by atoms with Gasteiger partial charge in [0.05, 0.1) is 6.10 Å². The molecule has 1 N–H and O–H groups in total. The van der Waals surface area contributed by atoms with E-state index in [1.807, 2.05) is 18.2 Å². The van der Waals surface area contributed by atoms with Gasteiger partial charge in [0.15, 0.2) is 0 Å². The van der Waals surface area contributed by atoms with Crippen molar-refractivity contribution in [1.82, 2.24) is 0 Å². The van der Waals surface area contributed by atoms with Crippen LogP contribution in [-0.2, 0) is 4.79 Å². The Balaban J connectivity index is 2.30. The summed E-state index contributed by atoms with van der Waals surface area (Å²) in [6, 6.07) is 9.21. The van der Waals surface area contributed by atoms with E-state index in [-0.39, 0.29) is 18.8 Å². The summed E-state index contributed by atoms with van der Waals surface area (Å²) in [4.78, 5) is 10.6. The minimum atomic E-state index is -0.715. The topological polar surface area (TPSA) is 46.5 Å². The van der Waals surface area contributed by atoms with Crippen molar-refractivity contribution in [2.24, 2.45) is 0 Å². The molecule has 0 bridgehead atoms. The first kappa shape index (κ1) is 10.7. The second-order valence-electron chi connectivity index (χ2n) is 3.18. The maximum Gasteiger partial charge on any atom is 0.132 e. The lowest BCUT2D eigenvalue weighted by atomic mass is 10.2. The Kier molecular flexibility index (Phi) is 4.13. The van der Waals surface area contributed by atoms with Gasteiger partial charge in [-0.2, -0.15) is 0 Å². The van der Waals surface area contributed by atoms with Crippen LogP contribution < -0.4 is 4.74 Å². The SMILES string of the molecule is CC(=O)CC(O)COc1ccccc1. The van der Waals surface area contributed by atoms with E-state index in [9.17, 15) is 9.90 Å². The van der Waals surface area contributed by atoms with Gasteiger partial charge in [0.25, 0.3) is 0 Å². The fourth-order valence-electron chi connectivity index (χ4n) is 1.10. The van der Waals surface area contributed by atoms with Crippen LogP contribution in [-0.4, -0.2) is 23.6 Å². The first-order valence-electron chi connectivity index (χ1n) is 4.54. The zero-order chi connectivity index (χ0) is 10.4. The summed E-state index contributed by atoms with van der Waals surface area (Å²) in [6.07, 6.45) is -0.569. The number of Topliss-reactive ketones (excluding diaryl/α,β-unsaturated/α-hetero) is 1. The molecule has 0 saturated carbocycles. The highest BCUT2D eigenvalue weighted by molar-refractivity contribution is 5.75. The van der Waals surface area contributed by atoms with Crippen LogP contribution in [0.25, 0.3) is 0 Å². The van der Waals surface area contributed by atoms with Crippen molar-refractivity contribution in [2.45, 2.75) is 19.4 Å². The third-order valence-electron chi connectivity index (χ3n) is 1.71. The highest BCUT2D eigenvalue weighted by Crippen LogP contribution is 2.09. The Morgan fingerprint density at radius 3 is 2.64 bits per heavy atom. The van der Waals surface area contributed by atoms with Crippen LogP contribution in [0.2, 0.25) is 0 Å². The standard InChI is InChI=1S/C11H14O3/c1-9(12)7-10(13)8-14-11-5-3-2-4-6-11/h2-6,10,13H,7-8H2,1H3. The van der Waals surface area contributed by atoms with Gasteiger partial charge >= 0.3 is 0 Å². The van der Waals surface area contributed by atoms with Gasteiger partial charge in [0.1, 0.15) is 18.1 Å². The molecule has 1 unspecified atom stereocenters. The fraction of sp³-hybridized carbons (Fsp3) is 0.364. The molecule has 0 spiro atoms. The Morgan fingerprint density at radius 1 is 1.43 bits per heavy atom. The summed E-state index contributed by atoms with van der Waals surface area (Å²) in [5, 5.41) is 9.34. The summed E-state index contributed by atoms with van der Waals surface area (Å²) in [6.45, 7) is 1.61. The molecule has 1 atom stereocenters. The first-order valence-corrected chi connectivity index (χ1v) is 4.54. The van der Waals surface area contributed by atoms with Crippen molar-refractivity contribution in [1.29, 1.82) is 0 Å². The average molecular weight is 194 g/mol. The van der Waals surface area contributed by atoms with Gasteiger partial charge in [-0.3, -0.25) is 4.79 Å². The molecule has 0 heterocycles. The Morgan fingerprint density at radius 2 is 2.07 bits per heavy atom. The molecule has 3 heteroatoms. The molecular weight excluding hydrogens is 180 g/mol. The molecule has 76 valence electrons. The zero-order valence-corrected chi connectivity index (χ0v) is 8.14. The van der Waals surface area contributed by atoms with E-state index in [1.165, 1.54) is 6.92 Å². The largest absolute Gasteiger partial charge is 0.491 e. The lowest BCUT2D eigenvalue weighted by Crippen LogP contribution is -2.20. The van der Waals surface area contributed by atoms with E-state index in [1.54, 1.807) is 12.1 Å². The average Bonchev–Trinajstić information content (AvgIpc) is 2.15. The van der Waals surface area contributed by atoms with Crippen molar-refractivity contribution in [3.05, 3.63) is 30.3 Å². The molecule has 0 aliphatic heterocycles. The number of carbonyl (C=O) groups excluding carboxylic acids is 1. The fourth-order valence-corrected chi connectivity index (χ4v) is 1.10. The van der Waals surface area contributed by atoms with Crippen molar-refractivity contribution in [3.63, 3.8) is 0 Å². The molecule has 0 aliphatic carbocycles. The number of benzene rings is 1. The van der Waals surface area contributed by atoms with Crippen LogP contribution in [0.4, 0.5) is 0 Å². The zero-order valence-electron chi connectivity index (χ0n) is 8.14. The molecule has 0 aromatic heterocycles. The smallest absolute Gasteiger partial charge is 0.132 e. The maximum absolute atomic E-state index is 10.6. The summed E-state index contributed by atoms with van der Waals surface area (Å²) in [7, 11) is 0. The number of aliphatic hydroxyl groups excluding tert-OH is 1. The number of hydrogen-bond donors (Lipinski definition) is 1. The van der Waals surface area contributed by atoms with Gasteiger partial charge in [-0.15, -0.1) is 0 Å². The number of ether oxygens (including phenoxy) is 1. The number of para-hydroxylation sites is 1. The van der Waals surface area contributed by atoms with Gasteiger partial charge < -0.3 is 9.84 Å². The number of carbonyl (C=O) groups is 1. The molecule has 0 amide bonds. The Bertz CT molecular complexity index is 282. The minimum absolute atomic E-state index is 0.0332. The van der Waals surface area contributed by atoms with Crippen LogP contribution in [0.5, 0.6) is 5.75 Å². The summed E-state index contributed by atoms with van der Waals surface area (Å²) in [5.41, 5.74) is 0. The first-order chi connectivity index (χ1) is 6.68. The second kappa shape index (κ2) is 5.40. The minimum Gasteiger partial charge on any atom is -0.491 e. The predicted molar refractivity (Wildman–Crippen MR) is 53.2 cm³/mol. The molecular formula is C11H14O3. The number of rotatable bonds is 5. The van der Waals surface area contributed by atoms with E-state index >= 15 is 0 Å². The van der Waals surface area contributed by atoms with Crippen molar-refractivity contribution >= 4 is 5.78 Å². The van der Waals surface area contributed by atoms with Crippen LogP contribution in [0, 0.1) is 0 Å². The van der Waals surface area contributed by atoms with Crippen LogP contribution in [0.3, 0.4) is 0 Å². The van der Waals surface area contributed by atoms with Gasteiger partial charge in [-0.1, -0.05) is 18.2 Å². The lowest BCUT2D eigenvalue weighted by molar-refractivity contribution is -0.119. The van der Waals surface area contributed by atoms with E-state index in [4.69, 9.17) is 4.74 Å². The van der Waals surface area contributed by atoms with Gasteiger partial charge in [-0.05, 0) is 19.1 Å². The number of aliphatic hydroxyl groups is 1. The van der Waals surface area contributed by atoms with E-state index < -0.39 is 6.10 Å². The monoisotopic (exact) mass is 194 g/mol. The van der Waals surface area contributed by atoms with E-state index in [0.29, 0.717) is 5.75 Å². The normalized spacial score (nSPS) is 12.1. The highest BCUT2D eigenvalue weighted by Gasteiger charge is 2.07. The lowest BCUT2D eigenvalue weighted by Gasteiger charge is -2.10. The van der Waals surface area contributed by atoms with Crippen LogP contribution in [0.15, 0.2) is 30.3 Å². The Labute approximate surface area is 83.3 Å². The third-order valence-corrected chi connectivity index (χ3v) is 1.71. The number of ketones is 1. The second-order valence-corrected chi connectivity index (χ2v) is 3.18. The summed E-state index contributed by atoms with van der Waals surface area (Å²) in [5.74, 6) is 0.671. The molecule has 3 nitrogen and oxygen atoms in total. The van der Waals surface area contributed by atoms with Gasteiger partial charge in [-0.25, -0.2) is 0 Å². The van der Waals surface area contributed by atoms with Crippen molar-refractivity contribution in [2.75, 3.05) is 6.61 Å². The Hall–Kier alpha value is -1.35. The highest BCUT2D eigenvalue weighted by atomic mass is 16.5. The molecule has 0 saturated heterocycles. The van der Waals surface area contributed by atoms with Crippen LogP contribution >= 0.6 is 0 Å². The third kappa shape index (κ3) is 4.05. The summed E-state index contributed by atoms with van der Waals surface area (Å²) >= 11 is 0. The quantitative estimate of drug-likeness (QED) is 0.770.